The fourth-order valence-corrected chi connectivity index (χ4v) is 2.77. The summed E-state index contributed by atoms with van der Waals surface area (Å²) in [5, 5.41) is 11.4. The van der Waals surface area contributed by atoms with Gasteiger partial charge in [-0.1, -0.05) is 43.0 Å². The van der Waals surface area contributed by atoms with E-state index in [1.165, 1.54) is 59.9 Å². The average molecular weight is 399 g/mol. The number of carbonyl (C=O) groups is 1. The Morgan fingerprint density at radius 3 is 1.73 bits per heavy atom. The molecule has 0 bridgehead atoms. The molecule has 0 aliphatic carbocycles. The van der Waals surface area contributed by atoms with Crippen molar-refractivity contribution in [1.29, 1.82) is 0 Å². The Morgan fingerprint density at radius 2 is 1.38 bits per heavy atom. The van der Waals surface area contributed by atoms with Crippen LogP contribution in [0.5, 0.6) is 0 Å². The van der Waals surface area contributed by atoms with E-state index in [9.17, 15) is 18.7 Å². The van der Waals surface area contributed by atoms with Crippen molar-refractivity contribution < 1.29 is 23.4 Å². The largest absolute Gasteiger partial charge is 0.458 e. The number of halogens is 2. The molecule has 4 atom stereocenters. The molecular weight excluding hydrogens is 378 g/mol. The van der Waals surface area contributed by atoms with E-state index in [4.69, 9.17) is 4.74 Å². The lowest BCUT2D eigenvalue weighted by Gasteiger charge is -2.35. The molecular formula is C18H21F2NO3P2. The molecule has 4 nitrogen and oxygen atoms in total. The van der Waals surface area contributed by atoms with Gasteiger partial charge in [-0.3, -0.25) is 9.24 Å². The van der Waals surface area contributed by atoms with Crippen LogP contribution in [-0.2, 0) is 15.1 Å². The van der Waals surface area contributed by atoms with E-state index in [0.29, 0.717) is 11.1 Å². The maximum absolute atomic E-state index is 13.3. The second-order valence-electron chi connectivity index (χ2n) is 5.98. The molecule has 0 aromatic heterocycles. The average Bonchev–Trinajstić information content (AvgIpc) is 2.61. The smallest absolute Gasteiger partial charge is 0.324 e. The van der Waals surface area contributed by atoms with E-state index in [-0.39, 0.29) is 0 Å². The molecule has 0 aliphatic heterocycles. The monoisotopic (exact) mass is 399 g/mol. The standard InChI is InChI=1S/C18H21F2NO3P2/c1-11(21(25)26)17(22)24-12(2)18(23,13-3-7-15(19)8-4-13)14-5-9-16(20)10-6-14/h3-12,23H,25-26H2,1-2H3/t11?,12-/m0/s1. The molecule has 0 radical (unpaired) electrons. The summed E-state index contributed by atoms with van der Waals surface area (Å²) in [4.78, 5) is 12.3. The Morgan fingerprint density at radius 1 is 1.00 bits per heavy atom. The van der Waals surface area contributed by atoms with Gasteiger partial charge in [0.05, 0.1) is 0 Å². The molecule has 0 saturated carbocycles. The number of hydrogen-bond acceptors (Lipinski definition) is 4. The third-order valence-electron chi connectivity index (χ3n) is 4.24. The summed E-state index contributed by atoms with van der Waals surface area (Å²) in [5.41, 5.74) is -1.12. The van der Waals surface area contributed by atoms with E-state index < -0.39 is 35.4 Å². The van der Waals surface area contributed by atoms with Crippen molar-refractivity contribution in [3.05, 3.63) is 71.3 Å². The second-order valence-corrected chi connectivity index (χ2v) is 7.77. The summed E-state index contributed by atoms with van der Waals surface area (Å²) in [7, 11) is 4.68. The number of benzene rings is 2. The number of carbonyl (C=O) groups excluding carboxylic acids is 1. The maximum Gasteiger partial charge on any atom is 0.324 e. The van der Waals surface area contributed by atoms with Crippen molar-refractivity contribution in [1.82, 2.24) is 4.44 Å². The van der Waals surface area contributed by atoms with E-state index in [2.05, 4.69) is 18.8 Å². The first-order valence-corrected chi connectivity index (χ1v) is 8.93. The summed E-state index contributed by atoms with van der Waals surface area (Å²) in [6, 6.07) is 9.85. The minimum atomic E-state index is -1.77. The molecule has 3 unspecified atom stereocenters. The molecule has 2 aromatic rings. The van der Waals surface area contributed by atoms with Crippen molar-refractivity contribution in [3.63, 3.8) is 0 Å². The second kappa shape index (κ2) is 8.49. The lowest BCUT2D eigenvalue weighted by Crippen LogP contribution is -2.44. The van der Waals surface area contributed by atoms with Gasteiger partial charge >= 0.3 is 5.97 Å². The fourth-order valence-electron chi connectivity index (χ4n) is 2.52. The Kier molecular flexibility index (Phi) is 6.81. The first-order chi connectivity index (χ1) is 12.2. The van der Waals surface area contributed by atoms with Gasteiger partial charge in [-0.2, -0.15) is 0 Å². The van der Waals surface area contributed by atoms with Crippen LogP contribution in [0.4, 0.5) is 8.78 Å². The van der Waals surface area contributed by atoms with Gasteiger partial charge in [-0.15, -0.1) is 0 Å². The molecule has 0 heterocycles. The molecule has 140 valence electrons. The highest BCUT2D eigenvalue weighted by atomic mass is 31.1. The lowest BCUT2D eigenvalue weighted by atomic mass is 9.82. The van der Waals surface area contributed by atoms with Crippen LogP contribution < -0.4 is 0 Å². The highest BCUT2D eigenvalue weighted by Gasteiger charge is 2.41. The SMILES string of the molecule is CC(C(=O)O[C@@H](C)C(O)(c1ccc(F)cc1)c1ccc(F)cc1)N(P)P. The highest BCUT2D eigenvalue weighted by Crippen LogP contribution is 2.35. The molecule has 0 fully saturated rings. The normalized spacial score (nSPS) is 14.2. The van der Waals surface area contributed by atoms with Gasteiger partial charge in [0.2, 0.25) is 0 Å². The van der Waals surface area contributed by atoms with Crippen LogP contribution >= 0.6 is 18.8 Å². The van der Waals surface area contributed by atoms with Gasteiger partial charge in [0.15, 0.2) is 5.60 Å². The summed E-state index contributed by atoms with van der Waals surface area (Å²) in [5.74, 6) is -1.48. The van der Waals surface area contributed by atoms with Crippen LogP contribution in [0.1, 0.15) is 25.0 Å². The summed E-state index contributed by atoms with van der Waals surface area (Å²) >= 11 is 0. The Balaban J connectivity index is 2.44. The van der Waals surface area contributed by atoms with Gasteiger partial charge in [-0.05, 0) is 49.2 Å². The van der Waals surface area contributed by atoms with Gasteiger partial charge in [0.1, 0.15) is 23.8 Å². The zero-order valence-electron chi connectivity index (χ0n) is 14.4. The van der Waals surface area contributed by atoms with Gasteiger partial charge in [0, 0.05) is 0 Å². The molecule has 0 spiro atoms. The van der Waals surface area contributed by atoms with Crippen LogP contribution in [0.2, 0.25) is 0 Å². The first kappa shape index (κ1) is 20.9. The Labute approximate surface area is 156 Å². The van der Waals surface area contributed by atoms with Crippen LogP contribution in [0.25, 0.3) is 0 Å². The maximum atomic E-state index is 13.3. The molecule has 0 amide bonds. The lowest BCUT2D eigenvalue weighted by molar-refractivity contribution is -0.162. The molecule has 2 rings (SSSR count). The molecule has 26 heavy (non-hydrogen) atoms. The number of hydrogen-bond donors (Lipinski definition) is 1. The van der Waals surface area contributed by atoms with Crippen molar-refractivity contribution in [2.24, 2.45) is 0 Å². The Bertz CT molecular complexity index is 709. The summed E-state index contributed by atoms with van der Waals surface area (Å²) in [6.45, 7) is 3.18. The van der Waals surface area contributed by atoms with Gasteiger partial charge in [0.25, 0.3) is 0 Å². The van der Waals surface area contributed by atoms with Crippen LogP contribution in [0.3, 0.4) is 0 Å². The van der Waals surface area contributed by atoms with Crippen LogP contribution in [0, 0.1) is 11.6 Å². The molecule has 1 N–H and O–H groups in total. The minimum Gasteiger partial charge on any atom is -0.458 e. The minimum absolute atomic E-state index is 0.326. The van der Waals surface area contributed by atoms with Crippen molar-refractivity contribution >= 4 is 24.8 Å². The third-order valence-corrected chi connectivity index (χ3v) is 5.13. The van der Waals surface area contributed by atoms with E-state index in [1.807, 2.05) is 0 Å². The van der Waals surface area contributed by atoms with Crippen molar-refractivity contribution in [2.45, 2.75) is 31.6 Å². The number of rotatable bonds is 6. The molecule has 0 saturated heterocycles. The van der Waals surface area contributed by atoms with Gasteiger partial charge < -0.3 is 9.84 Å². The number of aliphatic hydroxyl groups is 1. The van der Waals surface area contributed by atoms with E-state index in [0.717, 1.165) is 0 Å². The number of ether oxygens (including phenoxy) is 1. The number of esters is 1. The summed E-state index contributed by atoms with van der Waals surface area (Å²) in [6.07, 6.45) is -1.01. The van der Waals surface area contributed by atoms with E-state index >= 15 is 0 Å². The van der Waals surface area contributed by atoms with Crippen molar-refractivity contribution in [3.8, 4) is 0 Å². The fraction of sp³-hybridized carbons (Fsp3) is 0.278. The quantitative estimate of drug-likeness (QED) is 0.598. The van der Waals surface area contributed by atoms with E-state index in [1.54, 1.807) is 6.92 Å². The van der Waals surface area contributed by atoms with Gasteiger partial charge in [-0.25, -0.2) is 8.78 Å². The molecule has 8 heteroatoms. The van der Waals surface area contributed by atoms with Crippen LogP contribution in [-0.4, -0.2) is 27.7 Å². The molecule has 2 aromatic carbocycles. The topological polar surface area (TPSA) is 49.8 Å². The predicted molar refractivity (Wildman–Crippen MR) is 102 cm³/mol. The van der Waals surface area contributed by atoms with Crippen LogP contribution in [0.15, 0.2) is 48.5 Å². The summed E-state index contributed by atoms with van der Waals surface area (Å²) < 4.78 is 33.6. The highest BCUT2D eigenvalue weighted by molar-refractivity contribution is 7.31. The zero-order chi connectivity index (χ0) is 19.5. The number of nitrogens with zero attached hydrogens (tertiary/aromatic N) is 1. The first-order valence-electron chi connectivity index (χ1n) is 7.89. The van der Waals surface area contributed by atoms with Crippen molar-refractivity contribution in [2.75, 3.05) is 0 Å². The molecule has 0 aliphatic rings. The third kappa shape index (κ3) is 4.44. The zero-order valence-corrected chi connectivity index (χ0v) is 16.7. The Hall–Kier alpha value is -1.45. The predicted octanol–water partition coefficient (Wildman–Crippen LogP) is 3.40.